The van der Waals surface area contributed by atoms with Crippen LogP contribution >= 0.6 is 0 Å². The van der Waals surface area contributed by atoms with Crippen LogP contribution in [0.3, 0.4) is 0 Å². The molecule has 0 aliphatic carbocycles. The van der Waals surface area contributed by atoms with Crippen molar-refractivity contribution in [3.05, 3.63) is 36.0 Å². The Bertz CT molecular complexity index is 715. The lowest BCUT2D eigenvalue weighted by Gasteiger charge is -2.21. The van der Waals surface area contributed by atoms with Crippen LogP contribution in [0.5, 0.6) is 0 Å². The lowest BCUT2D eigenvalue weighted by atomic mass is 10.0. The fourth-order valence-corrected chi connectivity index (χ4v) is 2.49. The number of carbonyl (C=O) groups excluding carboxylic acids is 2. The zero-order valence-electron chi connectivity index (χ0n) is 14.5. The molecule has 6 heteroatoms. The number of ether oxygens (including phenoxy) is 2. The van der Waals surface area contributed by atoms with E-state index in [1.165, 1.54) is 7.11 Å². The van der Waals surface area contributed by atoms with Crippen LogP contribution in [0.25, 0.3) is 10.9 Å². The number of methoxy groups -OCH3 is 1. The number of aromatic amines is 1. The van der Waals surface area contributed by atoms with Gasteiger partial charge in [-0.05, 0) is 32.4 Å². The van der Waals surface area contributed by atoms with Crippen LogP contribution in [0.1, 0.15) is 26.3 Å². The average molecular weight is 332 g/mol. The summed E-state index contributed by atoms with van der Waals surface area (Å²) >= 11 is 0. The number of H-pyrrole nitrogens is 1. The quantitative estimate of drug-likeness (QED) is 0.793. The van der Waals surface area contributed by atoms with Gasteiger partial charge in [-0.2, -0.15) is 0 Å². The second kappa shape index (κ2) is 7.49. The van der Waals surface area contributed by atoms with Gasteiger partial charge in [-0.25, -0.2) is 0 Å². The topological polar surface area (TPSA) is 80.4 Å². The summed E-state index contributed by atoms with van der Waals surface area (Å²) in [7, 11) is 1.33. The highest BCUT2D eigenvalue weighted by Gasteiger charge is 2.23. The molecule has 130 valence electrons. The number of carbonyl (C=O) groups is 2. The summed E-state index contributed by atoms with van der Waals surface area (Å²) in [6, 6.07) is 7.23. The van der Waals surface area contributed by atoms with Crippen LogP contribution in [-0.4, -0.2) is 42.2 Å². The molecule has 0 saturated heterocycles. The predicted molar refractivity (Wildman–Crippen MR) is 91.7 cm³/mol. The van der Waals surface area contributed by atoms with Gasteiger partial charge in [0.25, 0.3) is 0 Å². The SMILES string of the molecule is COC(=O)[C@H](Cc1c[nH]c2ccccc12)NCC(=O)OC(C)(C)C. The summed E-state index contributed by atoms with van der Waals surface area (Å²) in [6.07, 6.45) is 2.29. The highest BCUT2D eigenvalue weighted by molar-refractivity contribution is 5.84. The monoisotopic (exact) mass is 332 g/mol. The number of esters is 2. The second-order valence-electron chi connectivity index (χ2n) is 6.61. The molecule has 0 aliphatic rings. The lowest BCUT2D eigenvalue weighted by Crippen LogP contribution is -2.43. The molecule has 1 atom stereocenters. The standard InChI is InChI=1S/C18H24N2O4/c1-18(2,3)24-16(21)11-20-15(17(22)23-4)9-12-10-19-14-8-6-5-7-13(12)14/h5-8,10,15,19-20H,9,11H2,1-4H3/t15-/m0/s1. The lowest BCUT2D eigenvalue weighted by molar-refractivity contribution is -0.154. The van der Waals surface area contributed by atoms with Crippen LogP contribution in [0.4, 0.5) is 0 Å². The first-order valence-corrected chi connectivity index (χ1v) is 7.88. The maximum Gasteiger partial charge on any atom is 0.323 e. The molecule has 0 bridgehead atoms. The van der Waals surface area contributed by atoms with Crippen molar-refractivity contribution in [2.45, 2.75) is 38.8 Å². The number of aromatic nitrogens is 1. The number of benzene rings is 1. The summed E-state index contributed by atoms with van der Waals surface area (Å²) in [5.41, 5.74) is 1.43. The molecule has 6 nitrogen and oxygen atoms in total. The molecular weight excluding hydrogens is 308 g/mol. The molecule has 2 rings (SSSR count). The highest BCUT2D eigenvalue weighted by Crippen LogP contribution is 2.19. The van der Waals surface area contributed by atoms with Gasteiger partial charge < -0.3 is 14.5 Å². The van der Waals surface area contributed by atoms with Crippen molar-refractivity contribution in [2.24, 2.45) is 0 Å². The van der Waals surface area contributed by atoms with E-state index in [2.05, 4.69) is 10.3 Å². The number of rotatable bonds is 6. The van der Waals surface area contributed by atoms with Gasteiger partial charge in [0, 0.05) is 23.5 Å². The molecule has 0 radical (unpaired) electrons. The van der Waals surface area contributed by atoms with Crippen LogP contribution in [0, 0.1) is 0 Å². The summed E-state index contributed by atoms with van der Waals surface area (Å²) < 4.78 is 10.1. The van der Waals surface area contributed by atoms with Crippen LogP contribution in [0.2, 0.25) is 0 Å². The van der Waals surface area contributed by atoms with E-state index >= 15 is 0 Å². The minimum absolute atomic E-state index is 0.0562. The summed E-state index contributed by atoms with van der Waals surface area (Å²) in [6.45, 7) is 5.34. The van der Waals surface area contributed by atoms with Crippen molar-refractivity contribution in [1.29, 1.82) is 0 Å². The van der Waals surface area contributed by atoms with E-state index in [1.807, 2.05) is 30.5 Å². The summed E-state index contributed by atoms with van der Waals surface area (Å²) in [5, 5.41) is 3.98. The van der Waals surface area contributed by atoms with Crippen molar-refractivity contribution in [1.82, 2.24) is 10.3 Å². The van der Waals surface area contributed by atoms with Gasteiger partial charge in [-0.3, -0.25) is 14.9 Å². The maximum atomic E-state index is 12.0. The van der Waals surface area contributed by atoms with Gasteiger partial charge in [0.1, 0.15) is 11.6 Å². The number of fused-ring (bicyclic) bond motifs is 1. The second-order valence-corrected chi connectivity index (χ2v) is 6.61. The zero-order chi connectivity index (χ0) is 17.7. The normalized spacial score (nSPS) is 12.8. The Balaban J connectivity index is 2.06. The molecule has 2 aromatic rings. The van der Waals surface area contributed by atoms with E-state index in [9.17, 15) is 9.59 Å². The van der Waals surface area contributed by atoms with Gasteiger partial charge in [-0.1, -0.05) is 18.2 Å². The third-order valence-corrected chi connectivity index (χ3v) is 3.50. The Hall–Kier alpha value is -2.34. The maximum absolute atomic E-state index is 12.0. The fourth-order valence-electron chi connectivity index (χ4n) is 2.49. The third-order valence-electron chi connectivity index (χ3n) is 3.50. The molecule has 0 spiro atoms. The molecule has 24 heavy (non-hydrogen) atoms. The van der Waals surface area contributed by atoms with Gasteiger partial charge >= 0.3 is 11.9 Å². The van der Waals surface area contributed by atoms with Crippen LogP contribution < -0.4 is 5.32 Å². The molecule has 1 heterocycles. The van der Waals surface area contributed by atoms with Crippen molar-refractivity contribution < 1.29 is 19.1 Å². The molecule has 0 unspecified atom stereocenters. The minimum Gasteiger partial charge on any atom is -0.468 e. The predicted octanol–water partition coefficient (Wildman–Crippen LogP) is 2.18. The van der Waals surface area contributed by atoms with Gasteiger partial charge in [-0.15, -0.1) is 0 Å². The van der Waals surface area contributed by atoms with Crippen molar-refractivity contribution in [2.75, 3.05) is 13.7 Å². The first-order valence-electron chi connectivity index (χ1n) is 7.88. The molecule has 1 aromatic carbocycles. The summed E-state index contributed by atoms with van der Waals surface area (Å²) in [5.74, 6) is -0.820. The molecule has 2 N–H and O–H groups in total. The highest BCUT2D eigenvalue weighted by atomic mass is 16.6. The van der Waals surface area contributed by atoms with Gasteiger partial charge in [0.2, 0.25) is 0 Å². The smallest absolute Gasteiger partial charge is 0.323 e. The van der Waals surface area contributed by atoms with E-state index < -0.39 is 23.6 Å². The van der Waals surface area contributed by atoms with Gasteiger partial charge in [0.05, 0.1) is 13.7 Å². The van der Waals surface area contributed by atoms with Crippen LogP contribution in [0.15, 0.2) is 30.5 Å². The number of para-hydroxylation sites is 1. The number of hydrogen-bond acceptors (Lipinski definition) is 5. The first-order chi connectivity index (χ1) is 11.3. The first kappa shape index (κ1) is 18.0. The van der Waals surface area contributed by atoms with Crippen LogP contribution in [-0.2, 0) is 25.5 Å². The molecule has 1 aromatic heterocycles. The van der Waals surface area contributed by atoms with Crippen molar-refractivity contribution in [3.63, 3.8) is 0 Å². The van der Waals surface area contributed by atoms with Crippen molar-refractivity contribution in [3.8, 4) is 0 Å². The van der Waals surface area contributed by atoms with E-state index in [4.69, 9.17) is 9.47 Å². The van der Waals surface area contributed by atoms with E-state index in [0.717, 1.165) is 16.5 Å². The molecular formula is C18H24N2O4. The van der Waals surface area contributed by atoms with Crippen molar-refractivity contribution >= 4 is 22.8 Å². The van der Waals surface area contributed by atoms with E-state index in [0.29, 0.717) is 6.42 Å². The number of hydrogen-bond donors (Lipinski definition) is 2. The Labute approximate surface area is 141 Å². The average Bonchev–Trinajstić information content (AvgIpc) is 2.92. The Morgan fingerprint density at radius 2 is 1.96 bits per heavy atom. The Kier molecular flexibility index (Phi) is 5.62. The fraction of sp³-hybridized carbons (Fsp3) is 0.444. The molecule has 0 aliphatic heterocycles. The molecule has 0 saturated carbocycles. The third kappa shape index (κ3) is 4.83. The van der Waals surface area contributed by atoms with Gasteiger partial charge in [0.15, 0.2) is 0 Å². The zero-order valence-corrected chi connectivity index (χ0v) is 14.5. The Morgan fingerprint density at radius 3 is 2.62 bits per heavy atom. The Morgan fingerprint density at radius 1 is 1.25 bits per heavy atom. The molecule has 0 fully saturated rings. The van der Waals surface area contributed by atoms with E-state index in [-0.39, 0.29) is 6.54 Å². The largest absolute Gasteiger partial charge is 0.468 e. The number of nitrogens with one attached hydrogen (secondary N) is 2. The minimum atomic E-state index is -0.623. The van der Waals surface area contributed by atoms with E-state index in [1.54, 1.807) is 20.8 Å². The molecule has 0 amide bonds. The summed E-state index contributed by atoms with van der Waals surface area (Å²) in [4.78, 5) is 27.0.